The highest BCUT2D eigenvalue weighted by molar-refractivity contribution is 6.30. The summed E-state index contributed by atoms with van der Waals surface area (Å²) in [6, 6.07) is 0.739. The molecule has 6 heteroatoms. The van der Waals surface area contributed by atoms with Gasteiger partial charge in [0.25, 0.3) is 0 Å². The largest absolute Gasteiger partial charge is 0.338 e. The molecule has 17 heavy (non-hydrogen) atoms. The molecule has 0 aliphatic carbocycles. The number of aromatic nitrogens is 2. The van der Waals surface area contributed by atoms with E-state index >= 15 is 0 Å². The molecule has 0 bridgehead atoms. The van der Waals surface area contributed by atoms with Crippen LogP contribution in [0.1, 0.15) is 0 Å². The SMILES string of the molecule is Clc1cnc(N2CCN(C3CNC3)CC2)nc1. The van der Waals surface area contributed by atoms with Gasteiger partial charge in [0.15, 0.2) is 0 Å². The molecule has 1 N–H and O–H groups in total. The first-order valence-corrected chi connectivity index (χ1v) is 6.38. The van der Waals surface area contributed by atoms with E-state index < -0.39 is 0 Å². The number of nitrogens with zero attached hydrogens (tertiary/aromatic N) is 4. The third-order valence-electron chi connectivity index (χ3n) is 3.48. The van der Waals surface area contributed by atoms with Crippen LogP contribution in [0.5, 0.6) is 0 Å². The molecule has 0 spiro atoms. The Morgan fingerprint density at radius 1 is 1.12 bits per heavy atom. The summed E-state index contributed by atoms with van der Waals surface area (Å²) in [6.07, 6.45) is 3.32. The van der Waals surface area contributed by atoms with Crippen molar-refractivity contribution in [2.45, 2.75) is 6.04 Å². The Morgan fingerprint density at radius 2 is 1.76 bits per heavy atom. The monoisotopic (exact) mass is 253 g/mol. The Bertz CT molecular complexity index is 370. The number of nitrogens with one attached hydrogen (secondary N) is 1. The maximum atomic E-state index is 5.78. The van der Waals surface area contributed by atoms with Gasteiger partial charge < -0.3 is 10.2 Å². The zero-order valence-corrected chi connectivity index (χ0v) is 10.4. The van der Waals surface area contributed by atoms with Gasteiger partial charge in [-0.25, -0.2) is 9.97 Å². The van der Waals surface area contributed by atoms with Gasteiger partial charge in [0.2, 0.25) is 5.95 Å². The van der Waals surface area contributed by atoms with Crippen LogP contribution in [0.2, 0.25) is 5.02 Å². The first-order chi connectivity index (χ1) is 8.33. The second-order valence-corrected chi connectivity index (χ2v) is 4.97. The Kier molecular flexibility index (Phi) is 3.13. The summed E-state index contributed by atoms with van der Waals surface area (Å²) in [5, 5.41) is 3.90. The smallest absolute Gasteiger partial charge is 0.225 e. The fourth-order valence-corrected chi connectivity index (χ4v) is 2.39. The number of piperazine rings is 1. The number of hydrogen-bond acceptors (Lipinski definition) is 5. The van der Waals surface area contributed by atoms with E-state index in [1.54, 1.807) is 12.4 Å². The molecule has 5 nitrogen and oxygen atoms in total. The first-order valence-electron chi connectivity index (χ1n) is 6.00. The molecule has 0 saturated carbocycles. The van der Waals surface area contributed by atoms with Gasteiger partial charge in [0, 0.05) is 45.3 Å². The zero-order chi connectivity index (χ0) is 11.7. The fourth-order valence-electron chi connectivity index (χ4n) is 2.29. The highest BCUT2D eigenvalue weighted by Gasteiger charge is 2.28. The van der Waals surface area contributed by atoms with Gasteiger partial charge in [0.1, 0.15) is 0 Å². The minimum absolute atomic E-state index is 0.591. The Hall–Kier alpha value is -0.910. The Balaban J connectivity index is 1.58. The summed E-state index contributed by atoms with van der Waals surface area (Å²) in [5.41, 5.74) is 0. The molecule has 0 radical (unpaired) electrons. The standard InChI is InChI=1S/C11H16ClN5/c12-9-5-14-11(15-6-9)17-3-1-16(2-4-17)10-7-13-8-10/h5-6,10,13H,1-4,7-8H2. The molecular weight excluding hydrogens is 238 g/mol. The summed E-state index contributed by atoms with van der Waals surface area (Å²) in [4.78, 5) is 13.3. The third kappa shape index (κ3) is 2.36. The highest BCUT2D eigenvalue weighted by Crippen LogP contribution is 2.15. The summed E-state index contributed by atoms with van der Waals surface area (Å²) in [5.74, 6) is 0.792. The Labute approximate surface area is 106 Å². The van der Waals surface area contributed by atoms with Crippen molar-refractivity contribution in [1.82, 2.24) is 20.2 Å². The molecule has 2 fully saturated rings. The topological polar surface area (TPSA) is 44.3 Å². The van der Waals surface area contributed by atoms with Crippen molar-refractivity contribution in [3.63, 3.8) is 0 Å². The van der Waals surface area contributed by atoms with E-state index in [0.717, 1.165) is 51.3 Å². The van der Waals surface area contributed by atoms with Crippen LogP contribution < -0.4 is 10.2 Å². The second-order valence-electron chi connectivity index (χ2n) is 4.54. The number of halogens is 1. The molecular formula is C11H16ClN5. The van der Waals surface area contributed by atoms with E-state index in [4.69, 9.17) is 11.6 Å². The van der Waals surface area contributed by atoms with E-state index in [2.05, 4.69) is 25.1 Å². The first kappa shape index (κ1) is 11.2. The van der Waals surface area contributed by atoms with Crippen LogP contribution in [-0.4, -0.2) is 60.2 Å². The summed E-state index contributed by atoms with van der Waals surface area (Å²) < 4.78 is 0. The number of anilines is 1. The van der Waals surface area contributed by atoms with Crippen LogP contribution in [0, 0.1) is 0 Å². The molecule has 0 aromatic carbocycles. The minimum Gasteiger partial charge on any atom is -0.338 e. The number of rotatable bonds is 2. The summed E-state index contributed by atoms with van der Waals surface area (Å²) in [7, 11) is 0. The van der Waals surface area contributed by atoms with E-state index in [-0.39, 0.29) is 0 Å². The molecule has 0 unspecified atom stereocenters. The molecule has 2 saturated heterocycles. The van der Waals surface area contributed by atoms with Gasteiger partial charge in [-0.1, -0.05) is 11.6 Å². The molecule has 1 aromatic rings. The predicted octanol–water partition coefficient (Wildman–Crippen LogP) is 0.224. The minimum atomic E-state index is 0.591. The van der Waals surface area contributed by atoms with Crippen molar-refractivity contribution in [1.29, 1.82) is 0 Å². The van der Waals surface area contributed by atoms with Gasteiger partial charge in [-0.15, -0.1) is 0 Å². The van der Waals surface area contributed by atoms with Crippen LogP contribution in [0.15, 0.2) is 12.4 Å². The van der Waals surface area contributed by atoms with Crippen LogP contribution in [0.3, 0.4) is 0 Å². The molecule has 3 rings (SSSR count). The molecule has 2 aliphatic rings. The lowest BCUT2D eigenvalue weighted by atomic mass is 10.1. The second kappa shape index (κ2) is 4.76. The van der Waals surface area contributed by atoms with E-state index in [9.17, 15) is 0 Å². The quantitative estimate of drug-likeness (QED) is 0.817. The van der Waals surface area contributed by atoms with Crippen LogP contribution in [-0.2, 0) is 0 Å². The van der Waals surface area contributed by atoms with Gasteiger partial charge in [-0.3, -0.25) is 4.90 Å². The van der Waals surface area contributed by atoms with Gasteiger partial charge in [-0.2, -0.15) is 0 Å². The van der Waals surface area contributed by atoms with Crippen molar-refractivity contribution in [2.24, 2.45) is 0 Å². The number of hydrogen-bond donors (Lipinski definition) is 1. The maximum absolute atomic E-state index is 5.78. The lowest BCUT2D eigenvalue weighted by molar-refractivity contribution is 0.137. The third-order valence-corrected chi connectivity index (χ3v) is 3.68. The van der Waals surface area contributed by atoms with Crippen molar-refractivity contribution < 1.29 is 0 Å². The van der Waals surface area contributed by atoms with Gasteiger partial charge in [-0.05, 0) is 0 Å². The molecule has 1 aromatic heterocycles. The van der Waals surface area contributed by atoms with E-state index in [1.165, 1.54) is 0 Å². The predicted molar refractivity (Wildman–Crippen MR) is 67.5 cm³/mol. The normalized spacial score (nSPS) is 22.5. The molecule has 3 heterocycles. The summed E-state index contributed by atoms with van der Waals surface area (Å²) >= 11 is 5.78. The van der Waals surface area contributed by atoms with Crippen LogP contribution >= 0.6 is 11.6 Å². The highest BCUT2D eigenvalue weighted by atomic mass is 35.5. The maximum Gasteiger partial charge on any atom is 0.225 e. The van der Waals surface area contributed by atoms with Gasteiger partial charge in [0.05, 0.1) is 17.4 Å². The molecule has 92 valence electrons. The van der Waals surface area contributed by atoms with Gasteiger partial charge >= 0.3 is 0 Å². The van der Waals surface area contributed by atoms with Crippen molar-refractivity contribution >= 4 is 17.5 Å². The van der Waals surface area contributed by atoms with E-state index in [1.807, 2.05) is 0 Å². The average Bonchev–Trinajstić information content (AvgIpc) is 2.29. The molecule has 0 atom stereocenters. The van der Waals surface area contributed by atoms with E-state index in [0.29, 0.717) is 5.02 Å². The van der Waals surface area contributed by atoms with Crippen LogP contribution in [0.25, 0.3) is 0 Å². The Morgan fingerprint density at radius 3 is 2.29 bits per heavy atom. The van der Waals surface area contributed by atoms with Crippen molar-refractivity contribution in [2.75, 3.05) is 44.2 Å². The lowest BCUT2D eigenvalue weighted by Gasteiger charge is -2.43. The lowest BCUT2D eigenvalue weighted by Crippen LogP contribution is -2.61. The van der Waals surface area contributed by atoms with Crippen LogP contribution in [0.4, 0.5) is 5.95 Å². The summed E-state index contributed by atoms with van der Waals surface area (Å²) in [6.45, 7) is 6.46. The molecule has 0 amide bonds. The average molecular weight is 254 g/mol. The van der Waals surface area contributed by atoms with Crippen molar-refractivity contribution in [3.8, 4) is 0 Å². The fraction of sp³-hybridized carbons (Fsp3) is 0.636. The zero-order valence-electron chi connectivity index (χ0n) is 9.64. The molecule has 2 aliphatic heterocycles. The van der Waals surface area contributed by atoms with Crippen molar-refractivity contribution in [3.05, 3.63) is 17.4 Å².